The van der Waals surface area contributed by atoms with E-state index < -0.39 is 31.5 Å². The van der Waals surface area contributed by atoms with Crippen LogP contribution in [0.2, 0.25) is 18.1 Å². The van der Waals surface area contributed by atoms with Gasteiger partial charge in [0.25, 0.3) is 0 Å². The predicted octanol–water partition coefficient (Wildman–Crippen LogP) is 6.86. The lowest BCUT2D eigenvalue weighted by Crippen LogP contribution is -2.54. The molecule has 0 bridgehead atoms. The SMILES string of the molecule is CC(C)(C)OC(=O)N[C@H](COCc1ccccc1)[C@@H](CCCOC(=O)C(C)(C)C)O[Si](C)(C)C(C)(C)C. The molecule has 0 spiro atoms. The molecule has 0 saturated carbocycles. The first-order valence-electron chi connectivity index (χ1n) is 13.3. The number of hydrogen-bond donors (Lipinski definition) is 1. The van der Waals surface area contributed by atoms with Crippen molar-refractivity contribution in [2.45, 2.75) is 118 Å². The number of esters is 1. The Balaban J connectivity index is 3.08. The Morgan fingerprint density at radius 1 is 0.946 bits per heavy atom. The van der Waals surface area contributed by atoms with Crippen molar-refractivity contribution in [1.82, 2.24) is 5.32 Å². The van der Waals surface area contributed by atoms with E-state index in [9.17, 15) is 9.59 Å². The number of carbonyl (C=O) groups is 2. The van der Waals surface area contributed by atoms with E-state index in [2.05, 4.69) is 39.2 Å². The van der Waals surface area contributed by atoms with Gasteiger partial charge < -0.3 is 24.0 Å². The van der Waals surface area contributed by atoms with Crippen LogP contribution in [0.4, 0.5) is 4.79 Å². The molecule has 0 aliphatic carbocycles. The quantitative estimate of drug-likeness (QED) is 0.178. The molecule has 7 nitrogen and oxygen atoms in total. The van der Waals surface area contributed by atoms with Gasteiger partial charge in [0.15, 0.2) is 8.32 Å². The molecule has 0 unspecified atom stereocenters. The average Bonchev–Trinajstić information content (AvgIpc) is 2.73. The summed E-state index contributed by atoms with van der Waals surface area (Å²) in [5.41, 5.74) is -0.131. The number of carbonyl (C=O) groups excluding carboxylic acids is 2. The van der Waals surface area contributed by atoms with Gasteiger partial charge in [-0.2, -0.15) is 0 Å². The first kappa shape index (κ1) is 33.1. The fraction of sp³-hybridized carbons (Fsp3) is 0.724. The third kappa shape index (κ3) is 12.9. The molecule has 8 heteroatoms. The second kappa shape index (κ2) is 13.8. The van der Waals surface area contributed by atoms with Gasteiger partial charge >= 0.3 is 12.1 Å². The zero-order chi connectivity index (χ0) is 28.5. The molecule has 37 heavy (non-hydrogen) atoms. The third-order valence-electron chi connectivity index (χ3n) is 6.29. The molecule has 0 heterocycles. The summed E-state index contributed by atoms with van der Waals surface area (Å²) in [7, 11) is -2.20. The van der Waals surface area contributed by atoms with Crippen molar-refractivity contribution in [1.29, 1.82) is 0 Å². The number of ether oxygens (including phenoxy) is 3. The van der Waals surface area contributed by atoms with Crippen molar-refractivity contribution in [3.63, 3.8) is 0 Å². The molecular weight excluding hydrogens is 486 g/mol. The Hall–Kier alpha value is -1.90. The van der Waals surface area contributed by atoms with E-state index in [1.165, 1.54) is 0 Å². The number of hydrogen-bond acceptors (Lipinski definition) is 6. The lowest BCUT2D eigenvalue weighted by atomic mass is 9.97. The Labute approximate surface area is 226 Å². The molecule has 2 atom stereocenters. The van der Waals surface area contributed by atoms with Crippen LogP contribution in [0.1, 0.15) is 80.7 Å². The van der Waals surface area contributed by atoms with E-state index in [1.807, 2.05) is 71.9 Å². The van der Waals surface area contributed by atoms with Crippen molar-refractivity contribution in [3.05, 3.63) is 35.9 Å². The number of alkyl carbamates (subject to hydrolysis) is 1. The summed E-state index contributed by atoms with van der Waals surface area (Å²) in [5, 5.41) is 2.99. The average molecular weight is 538 g/mol. The van der Waals surface area contributed by atoms with Gasteiger partial charge in [-0.1, -0.05) is 51.1 Å². The normalized spacial score (nSPS) is 14.6. The van der Waals surface area contributed by atoms with Gasteiger partial charge in [-0.15, -0.1) is 0 Å². The highest BCUT2D eigenvalue weighted by atomic mass is 28.4. The Kier molecular flexibility index (Phi) is 12.3. The molecule has 1 rings (SSSR count). The number of nitrogens with one attached hydrogen (secondary N) is 1. The number of rotatable bonds is 12. The summed E-state index contributed by atoms with van der Waals surface area (Å²) < 4.78 is 23.9. The monoisotopic (exact) mass is 537 g/mol. The summed E-state index contributed by atoms with van der Waals surface area (Å²) >= 11 is 0. The molecule has 0 radical (unpaired) electrons. The molecule has 1 N–H and O–H groups in total. The highest BCUT2D eigenvalue weighted by molar-refractivity contribution is 6.74. The van der Waals surface area contributed by atoms with Gasteiger partial charge in [0, 0.05) is 0 Å². The van der Waals surface area contributed by atoms with E-state index in [1.54, 1.807) is 0 Å². The molecule has 0 aliphatic heterocycles. The van der Waals surface area contributed by atoms with Gasteiger partial charge in [-0.3, -0.25) is 4.79 Å². The lowest BCUT2D eigenvalue weighted by Gasteiger charge is -2.41. The zero-order valence-electron chi connectivity index (χ0n) is 25.0. The van der Waals surface area contributed by atoms with E-state index in [0.717, 1.165) is 5.56 Å². The summed E-state index contributed by atoms with van der Waals surface area (Å²) in [4.78, 5) is 25.0. The molecule has 0 saturated heterocycles. The Bertz CT molecular complexity index is 837. The van der Waals surface area contributed by atoms with Crippen LogP contribution < -0.4 is 5.32 Å². The molecule has 1 aromatic carbocycles. The minimum atomic E-state index is -2.20. The van der Waals surface area contributed by atoms with E-state index in [-0.39, 0.29) is 30.3 Å². The molecular formula is C29H51NO6Si. The largest absolute Gasteiger partial charge is 0.465 e. The second-order valence-electron chi connectivity index (χ2n) is 13.2. The summed E-state index contributed by atoms with van der Waals surface area (Å²) in [6.07, 6.45) is 0.354. The van der Waals surface area contributed by atoms with Crippen molar-refractivity contribution < 1.29 is 28.2 Å². The van der Waals surface area contributed by atoms with E-state index >= 15 is 0 Å². The summed E-state index contributed by atoms with van der Waals surface area (Å²) in [6, 6.07) is 9.47. The van der Waals surface area contributed by atoms with Crippen LogP contribution in [0.15, 0.2) is 30.3 Å². The first-order valence-corrected chi connectivity index (χ1v) is 16.2. The molecule has 1 amide bonds. The standard InChI is InChI=1S/C29H51NO6Si/c1-27(2,3)25(31)34-19-15-18-24(36-37(10,11)29(7,8)9)23(30-26(32)35-28(4,5)6)21-33-20-22-16-13-12-14-17-22/h12-14,16-17,23-24H,15,18-21H2,1-11H3,(H,30,32)/t23-,24-/m1/s1. The van der Waals surface area contributed by atoms with Gasteiger partial charge in [0.1, 0.15) is 5.60 Å². The summed E-state index contributed by atoms with van der Waals surface area (Å²) in [6.45, 7) is 22.9. The Morgan fingerprint density at radius 3 is 2.05 bits per heavy atom. The highest BCUT2D eigenvalue weighted by Crippen LogP contribution is 2.38. The maximum atomic E-state index is 12.8. The van der Waals surface area contributed by atoms with Gasteiger partial charge in [0.2, 0.25) is 0 Å². The molecule has 0 aromatic heterocycles. The topological polar surface area (TPSA) is 83.1 Å². The predicted molar refractivity (Wildman–Crippen MR) is 151 cm³/mol. The van der Waals surface area contributed by atoms with E-state index in [0.29, 0.717) is 19.4 Å². The zero-order valence-corrected chi connectivity index (χ0v) is 26.0. The van der Waals surface area contributed by atoms with Crippen molar-refractivity contribution in [2.75, 3.05) is 13.2 Å². The fourth-order valence-electron chi connectivity index (χ4n) is 3.14. The fourth-order valence-corrected chi connectivity index (χ4v) is 4.53. The number of amides is 1. The molecule has 0 fully saturated rings. The molecule has 1 aromatic rings. The van der Waals surface area contributed by atoms with Crippen LogP contribution in [0.25, 0.3) is 0 Å². The minimum absolute atomic E-state index is 0.0225. The molecule has 0 aliphatic rings. The first-order chi connectivity index (χ1) is 16.8. The van der Waals surface area contributed by atoms with Crippen LogP contribution in [-0.4, -0.2) is 51.3 Å². The van der Waals surface area contributed by atoms with Gasteiger partial charge in [-0.05, 0) is 78.1 Å². The Morgan fingerprint density at radius 2 is 1.54 bits per heavy atom. The van der Waals surface area contributed by atoms with Crippen molar-refractivity contribution in [2.24, 2.45) is 5.41 Å². The van der Waals surface area contributed by atoms with Crippen LogP contribution >= 0.6 is 0 Å². The lowest BCUT2D eigenvalue weighted by molar-refractivity contribution is -0.153. The van der Waals surface area contributed by atoms with E-state index in [4.69, 9.17) is 18.6 Å². The van der Waals surface area contributed by atoms with Crippen molar-refractivity contribution in [3.8, 4) is 0 Å². The smallest absolute Gasteiger partial charge is 0.408 e. The van der Waals surface area contributed by atoms with Crippen LogP contribution in [0.3, 0.4) is 0 Å². The summed E-state index contributed by atoms with van der Waals surface area (Å²) in [5.74, 6) is -0.232. The van der Waals surface area contributed by atoms with Crippen LogP contribution in [0, 0.1) is 5.41 Å². The number of benzene rings is 1. The molecule has 212 valence electrons. The van der Waals surface area contributed by atoms with Gasteiger partial charge in [-0.25, -0.2) is 4.79 Å². The highest BCUT2D eigenvalue weighted by Gasteiger charge is 2.41. The maximum absolute atomic E-state index is 12.8. The third-order valence-corrected chi connectivity index (χ3v) is 10.8. The van der Waals surface area contributed by atoms with Crippen molar-refractivity contribution >= 4 is 20.4 Å². The minimum Gasteiger partial charge on any atom is -0.465 e. The van der Waals surface area contributed by atoms with Crippen LogP contribution in [-0.2, 0) is 30.0 Å². The second-order valence-corrected chi connectivity index (χ2v) is 18.0. The maximum Gasteiger partial charge on any atom is 0.408 e. The van der Waals surface area contributed by atoms with Crippen LogP contribution in [0.5, 0.6) is 0 Å². The van der Waals surface area contributed by atoms with Gasteiger partial charge in [0.05, 0.1) is 37.4 Å².